The van der Waals surface area contributed by atoms with E-state index in [-0.39, 0.29) is 11.5 Å². The van der Waals surface area contributed by atoms with Gasteiger partial charge in [0.05, 0.1) is 6.61 Å². The van der Waals surface area contributed by atoms with Gasteiger partial charge in [-0.25, -0.2) is 0 Å². The van der Waals surface area contributed by atoms with Gasteiger partial charge in [-0.15, -0.1) is 0 Å². The molecule has 0 saturated carbocycles. The van der Waals surface area contributed by atoms with Gasteiger partial charge in [-0.2, -0.15) is 0 Å². The van der Waals surface area contributed by atoms with Crippen LogP contribution >= 0.6 is 0 Å². The Morgan fingerprint density at radius 2 is 1.76 bits per heavy atom. The van der Waals surface area contributed by atoms with Gasteiger partial charge in [0.1, 0.15) is 5.75 Å². The van der Waals surface area contributed by atoms with Crippen molar-refractivity contribution in [3.05, 3.63) is 17.7 Å². The highest BCUT2D eigenvalue weighted by atomic mass is 16.5. The van der Waals surface area contributed by atoms with Crippen molar-refractivity contribution >= 4 is 0 Å². The van der Waals surface area contributed by atoms with Crippen LogP contribution in [0.2, 0.25) is 0 Å². The number of hydrogen-bond acceptors (Lipinski definition) is 3. The summed E-state index contributed by atoms with van der Waals surface area (Å²) in [6.07, 6.45) is 4.83. The van der Waals surface area contributed by atoms with E-state index >= 15 is 0 Å². The molecule has 17 heavy (non-hydrogen) atoms. The molecule has 96 valence electrons. The number of benzene rings is 1. The normalized spacial score (nSPS) is 10.5. The number of unbranched alkanes of at least 4 members (excludes halogenated alkanes) is 2. The molecule has 1 rings (SSSR count). The summed E-state index contributed by atoms with van der Waals surface area (Å²) in [5.41, 5.74) is 0.725. The molecule has 0 aromatic heterocycles. The van der Waals surface area contributed by atoms with Crippen molar-refractivity contribution in [2.75, 3.05) is 6.61 Å². The minimum absolute atomic E-state index is 0.0348. The Bertz CT molecular complexity index is 348. The molecule has 0 atom stereocenters. The molecule has 0 aliphatic heterocycles. The van der Waals surface area contributed by atoms with Crippen molar-refractivity contribution in [2.45, 2.75) is 46.0 Å². The quantitative estimate of drug-likeness (QED) is 0.563. The molecule has 0 spiro atoms. The SMILES string of the molecule is CCCCOc1ccc(O)c(O)c1CCCC. The Hall–Kier alpha value is -1.38. The lowest BCUT2D eigenvalue weighted by Gasteiger charge is -2.13. The van der Waals surface area contributed by atoms with Crippen LogP contribution in [0.1, 0.15) is 45.1 Å². The lowest BCUT2D eigenvalue weighted by atomic mass is 10.1. The fraction of sp³-hybridized carbons (Fsp3) is 0.571. The first-order valence-corrected chi connectivity index (χ1v) is 6.37. The van der Waals surface area contributed by atoms with Crippen molar-refractivity contribution in [2.24, 2.45) is 0 Å². The van der Waals surface area contributed by atoms with Gasteiger partial charge < -0.3 is 14.9 Å². The second-order valence-corrected chi connectivity index (χ2v) is 4.22. The molecule has 1 aromatic carbocycles. The first-order valence-electron chi connectivity index (χ1n) is 6.37. The standard InChI is InChI=1S/C14H22O3/c1-3-5-7-11-13(17-10-6-4-2)9-8-12(15)14(11)16/h8-9,15-16H,3-7,10H2,1-2H3. The Labute approximate surface area is 103 Å². The van der Waals surface area contributed by atoms with E-state index in [1.807, 2.05) is 0 Å². The monoisotopic (exact) mass is 238 g/mol. The predicted octanol–water partition coefficient (Wildman–Crippen LogP) is 3.62. The molecule has 3 heteroatoms. The minimum Gasteiger partial charge on any atom is -0.504 e. The van der Waals surface area contributed by atoms with Crippen LogP contribution in [0, 0.1) is 0 Å². The molecule has 0 radical (unpaired) electrons. The predicted molar refractivity (Wildman–Crippen MR) is 68.8 cm³/mol. The summed E-state index contributed by atoms with van der Waals surface area (Å²) in [6, 6.07) is 3.21. The molecular weight excluding hydrogens is 216 g/mol. The molecule has 0 unspecified atom stereocenters. The average Bonchev–Trinajstić information content (AvgIpc) is 2.33. The van der Waals surface area contributed by atoms with Crippen molar-refractivity contribution in [3.63, 3.8) is 0 Å². The number of phenolic OH excluding ortho intramolecular Hbond substituents is 2. The minimum atomic E-state index is -0.0704. The molecule has 0 fully saturated rings. The van der Waals surface area contributed by atoms with Crippen molar-refractivity contribution in [3.8, 4) is 17.2 Å². The van der Waals surface area contributed by atoms with Crippen LogP contribution in [0.4, 0.5) is 0 Å². The van der Waals surface area contributed by atoms with Crippen LogP contribution in [-0.4, -0.2) is 16.8 Å². The summed E-state index contributed by atoms with van der Waals surface area (Å²) in [7, 11) is 0. The van der Waals surface area contributed by atoms with Gasteiger partial charge in [0.25, 0.3) is 0 Å². The molecule has 0 amide bonds. The van der Waals surface area contributed by atoms with Gasteiger partial charge in [0.15, 0.2) is 11.5 Å². The van der Waals surface area contributed by atoms with E-state index in [9.17, 15) is 10.2 Å². The van der Waals surface area contributed by atoms with Gasteiger partial charge in [-0.3, -0.25) is 0 Å². The van der Waals surface area contributed by atoms with Crippen LogP contribution < -0.4 is 4.74 Å². The fourth-order valence-electron chi connectivity index (χ4n) is 1.66. The lowest BCUT2D eigenvalue weighted by Crippen LogP contribution is -2.00. The third-order valence-corrected chi connectivity index (χ3v) is 2.75. The zero-order valence-corrected chi connectivity index (χ0v) is 10.7. The summed E-state index contributed by atoms with van der Waals surface area (Å²) in [5, 5.41) is 19.3. The molecule has 3 nitrogen and oxygen atoms in total. The zero-order valence-electron chi connectivity index (χ0n) is 10.7. The summed E-state index contributed by atoms with van der Waals surface area (Å²) in [4.78, 5) is 0. The van der Waals surface area contributed by atoms with Crippen LogP contribution in [-0.2, 0) is 6.42 Å². The van der Waals surface area contributed by atoms with E-state index < -0.39 is 0 Å². The highest BCUT2D eigenvalue weighted by Gasteiger charge is 2.12. The van der Waals surface area contributed by atoms with Crippen molar-refractivity contribution < 1.29 is 14.9 Å². The smallest absolute Gasteiger partial charge is 0.164 e. The van der Waals surface area contributed by atoms with E-state index in [2.05, 4.69) is 13.8 Å². The van der Waals surface area contributed by atoms with Crippen molar-refractivity contribution in [1.29, 1.82) is 0 Å². The maximum absolute atomic E-state index is 9.83. The molecule has 0 heterocycles. The van der Waals surface area contributed by atoms with Gasteiger partial charge in [-0.1, -0.05) is 26.7 Å². The van der Waals surface area contributed by atoms with Crippen molar-refractivity contribution in [1.82, 2.24) is 0 Å². The Balaban J connectivity index is 2.82. The van der Waals surface area contributed by atoms with E-state index in [0.717, 1.165) is 37.7 Å². The summed E-state index contributed by atoms with van der Waals surface area (Å²) in [5.74, 6) is 0.591. The van der Waals surface area contributed by atoms with E-state index in [1.165, 1.54) is 6.07 Å². The second-order valence-electron chi connectivity index (χ2n) is 4.22. The van der Waals surface area contributed by atoms with Gasteiger partial charge >= 0.3 is 0 Å². The highest BCUT2D eigenvalue weighted by molar-refractivity contribution is 5.52. The molecule has 0 aliphatic rings. The first-order chi connectivity index (χ1) is 8.20. The third-order valence-electron chi connectivity index (χ3n) is 2.75. The summed E-state index contributed by atoms with van der Waals surface area (Å²) >= 11 is 0. The zero-order chi connectivity index (χ0) is 12.7. The highest BCUT2D eigenvalue weighted by Crippen LogP contribution is 2.36. The van der Waals surface area contributed by atoms with Crippen LogP contribution in [0.3, 0.4) is 0 Å². The number of ether oxygens (including phenoxy) is 1. The molecule has 0 saturated heterocycles. The van der Waals surface area contributed by atoms with E-state index in [1.54, 1.807) is 6.07 Å². The van der Waals surface area contributed by atoms with Gasteiger partial charge in [0.2, 0.25) is 0 Å². The molecule has 1 aromatic rings. The summed E-state index contributed by atoms with van der Waals surface area (Å²) < 4.78 is 5.64. The van der Waals surface area contributed by atoms with Gasteiger partial charge in [0, 0.05) is 5.56 Å². The third kappa shape index (κ3) is 3.84. The molecule has 0 bridgehead atoms. The van der Waals surface area contributed by atoms with Crippen LogP contribution in [0.15, 0.2) is 12.1 Å². The Morgan fingerprint density at radius 1 is 1.06 bits per heavy atom. The van der Waals surface area contributed by atoms with E-state index in [0.29, 0.717) is 12.4 Å². The van der Waals surface area contributed by atoms with E-state index in [4.69, 9.17) is 4.74 Å². The van der Waals surface area contributed by atoms with Crippen LogP contribution in [0.5, 0.6) is 17.2 Å². The molecule has 0 aliphatic carbocycles. The Kier molecular flexibility index (Phi) is 5.67. The average molecular weight is 238 g/mol. The lowest BCUT2D eigenvalue weighted by molar-refractivity contribution is 0.301. The molecular formula is C14H22O3. The number of rotatable bonds is 7. The maximum Gasteiger partial charge on any atom is 0.164 e. The van der Waals surface area contributed by atoms with Crippen LogP contribution in [0.25, 0.3) is 0 Å². The topological polar surface area (TPSA) is 49.7 Å². The summed E-state index contributed by atoms with van der Waals surface area (Å²) in [6.45, 7) is 4.85. The largest absolute Gasteiger partial charge is 0.504 e. The number of hydrogen-bond donors (Lipinski definition) is 2. The first kappa shape index (κ1) is 13.7. The van der Waals surface area contributed by atoms with Gasteiger partial charge in [-0.05, 0) is 31.4 Å². The molecule has 2 N–H and O–H groups in total. The second kappa shape index (κ2) is 7.05. The Morgan fingerprint density at radius 3 is 2.41 bits per heavy atom. The maximum atomic E-state index is 9.83. The fourth-order valence-corrected chi connectivity index (χ4v) is 1.66. The number of aromatic hydroxyl groups is 2. The number of phenols is 2.